The Morgan fingerprint density at radius 1 is 0.429 bits per heavy atom. The predicted octanol–water partition coefficient (Wildman–Crippen LogP) is 8.71. The average Bonchev–Trinajstić information content (AvgIpc) is 3.97. The zero-order valence-electron chi connectivity index (χ0n) is 41.9. The molecule has 63 heavy (non-hydrogen) atoms. The molecule has 8 rings (SSSR count). The maximum atomic E-state index is 4.08. The van der Waals surface area contributed by atoms with E-state index in [9.17, 15) is 0 Å². The van der Waals surface area contributed by atoms with Gasteiger partial charge in [0.2, 0.25) is 0 Å². The molecule has 0 aromatic heterocycles. The van der Waals surface area contributed by atoms with E-state index in [-0.39, 0.29) is 0 Å². The van der Waals surface area contributed by atoms with Crippen LogP contribution in [0.4, 0.5) is 0 Å². The smallest absolute Gasteiger partial charge is 0.00733 e. The number of piperidine rings is 3. The second-order valence-electron chi connectivity index (χ2n) is 24.3. The highest BCUT2D eigenvalue weighted by molar-refractivity contribution is 4.90. The summed E-state index contributed by atoms with van der Waals surface area (Å²) in [5.41, 5.74) is 0. The van der Waals surface area contributed by atoms with Gasteiger partial charge in [-0.2, -0.15) is 0 Å². The zero-order valence-corrected chi connectivity index (χ0v) is 41.9. The quantitative estimate of drug-likeness (QED) is 0.0762. The van der Waals surface area contributed by atoms with E-state index in [0.29, 0.717) is 0 Å². The van der Waals surface area contributed by atoms with Crippen molar-refractivity contribution in [2.24, 2.45) is 53.3 Å². The Hall–Kier alpha value is -0.320. The van der Waals surface area contributed by atoms with Crippen LogP contribution in [0.25, 0.3) is 0 Å². The van der Waals surface area contributed by atoms with Crippen molar-refractivity contribution in [3.8, 4) is 0 Å². The summed E-state index contributed by atoms with van der Waals surface area (Å²) >= 11 is 0. The third-order valence-electron chi connectivity index (χ3n) is 19.7. The van der Waals surface area contributed by atoms with E-state index < -0.39 is 0 Å². The van der Waals surface area contributed by atoms with E-state index in [1.165, 1.54) is 252 Å². The predicted molar refractivity (Wildman–Crippen MR) is 268 cm³/mol. The zero-order chi connectivity index (χ0) is 43.2. The molecule has 4 N–H and O–H groups in total. The van der Waals surface area contributed by atoms with E-state index in [1.54, 1.807) is 0 Å². The first-order valence-electron chi connectivity index (χ1n) is 28.7. The van der Waals surface area contributed by atoms with Crippen LogP contribution in [-0.2, 0) is 0 Å². The maximum Gasteiger partial charge on any atom is 0.00733 e. The second-order valence-corrected chi connectivity index (χ2v) is 24.3. The highest BCUT2D eigenvalue weighted by Crippen LogP contribution is 2.34. The molecule has 4 saturated carbocycles. The lowest BCUT2D eigenvalue weighted by Gasteiger charge is -2.41. The second kappa shape index (κ2) is 25.9. The summed E-state index contributed by atoms with van der Waals surface area (Å²) in [4.78, 5) is 11.3. The molecule has 0 aromatic carbocycles. The molecule has 8 heteroatoms. The van der Waals surface area contributed by atoms with Crippen LogP contribution in [0.1, 0.15) is 168 Å². The molecule has 0 aromatic rings. The van der Waals surface area contributed by atoms with Crippen LogP contribution < -0.4 is 21.3 Å². The molecule has 0 spiro atoms. The average molecular weight is 877 g/mol. The van der Waals surface area contributed by atoms with Crippen molar-refractivity contribution in [3.05, 3.63) is 0 Å². The van der Waals surface area contributed by atoms with Crippen molar-refractivity contribution in [3.63, 3.8) is 0 Å². The van der Waals surface area contributed by atoms with Gasteiger partial charge < -0.3 is 40.9 Å². The number of rotatable bonds is 23. The first-order chi connectivity index (χ1) is 30.9. The van der Waals surface area contributed by atoms with Gasteiger partial charge in [0, 0.05) is 56.9 Å². The summed E-state index contributed by atoms with van der Waals surface area (Å²) in [5, 5.41) is 15.6. The minimum atomic E-state index is 0.773. The topological polar surface area (TPSA) is 61.1 Å². The third-order valence-corrected chi connectivity index (χ3v) is 19.7. The highest BCUT2D eigenvalue weighted by atomic mass is 15.2. The van der Waals surface area contributed by atoms with Crippen molar-refractivity contribution in [1.29, 1.82) is 0 Å². The van der Waals surface area contributed by atoms with Gasteiger partial charge in [0.05, 0.1) is 0 Å². The van der Waals surface area contributed by atoms with Gasteiger partial charge in [-0.1, -0.05) is 20.3 Å². The molecular weight excluding hydrogens is 773 g/mol. The van der Waals surface area contributed by atoms with Gasteiger partial charge >= 0.3 is 0 Å². The Kier molecular flexibility index (Phi) is 20.2. The van der Waals surface area contributed by atoms with E-state index in [1.807, 2.05) is 0 Å². The molecular formula is C55H104N8. The fourth-order valence-corrected chi connectivity index (χ4v) is 14.9. The van der Waals surface area contributed by atoms with Crippen LogP contribution in [0.3, 0.4) is 0 Å². The normalized spacial score (nSPS) is 36.0. The fourth-order valence-electron chi connectivity index (χ4n) is 14.9. The molecule has 4 aliphatic carbocycles. The van der Waals surface area contributed by atoms with Gasteiger partial charge in [0.1, 0.15) is 0 Å². The number of hydrogen-bond acceptors (Lipinski definition) is 8. The molecule has 3 unspecified atom stereocenters. The lowest BCUT2D eigenvalue weighted by atomic mass is 9.79. The molecule has 8 fully saturated rings. The summed E-state index contributed by atoms with van der Waals surface area (Å²) in [6.45, 7) is 25.0. The number of nitrogens with zero attached hydrogens (tertiary/aromatic N) is 4. The van der Waals surface area contributed by atoms with Crippen LogP contribution in [0.15, 0.2) is 0 Å². The van der Waals surface area contributed by atoms with Gasteiger partial charge in [-0.25, -0.2) is 0 Å². The standard InChI is InChI=1S/C55H104N8/c1-4-44-18-31-63(38-44)40-48-9-14-53(15-10-48)58-26-17-46-21-29-61(30-22-46)42-50-35-55(36-50)57-25-5-6-45-19-27-60(28-20-45)41-49-11-16-54(34-49)59-37-43(2)51-23-32-62(33-24-51)39-47-7-12-52(56-3)13-8-47/h43-59H,4-42H2,1-3H3/t43-,44?,47?,48?,49?,50?,52?,53?,54?,55?/m0/s1. The largest absolute Gasteiger partial charge is 0.317 e. The summed E-state index contributed by atoms with van der Waals surface area (Å²) < 4.78 is 0. The summed E-state index contributed by atoms with van der Waals surface area (Å²) in [5.74, 6) is 8.44. The van der Waals surface area contributed by atoms with Crippen LogP contribution in [0.2, 0.25) is 0 Å². The van der Waals surface area contributed by atoms with Crippen molar-refractivity contribution >= 4 is 0 Å². The number of likely N-dealkylation sites (tertiary alicyclic amines) is 4. The van der Waals surface area contributed by atoms with Crippen LogP contribution in [0.5, 0.6) is 0 Å². The molecule has 4 saturated heterocycles. The summed E-state index contributed by atoms with van der Waals surface area (Å²) in [6, 6.07) is 3.15. The van der Waals surface area contributed by atoms with Crippen molar-refractivity contribution < 1.29 is 0 Å². The summed E-state index contributed by atoms with van der Waals surface area (Å²) in [6.07, 6.45) is 34.2. The molecule has 4 aliphatic heterocycles. The van der Waals surface area contributed by atoms with Crippen LogP contribution >= 0.6 is 0 Å². The molecule has 4 atom stereocenters. The van der Waals surface area contributed by atoms with Gasteiger partial charge in [-0.05, 0) is 273 Å². The first kappa shape index (κ1) is 49.1. The molecule has 8 aliphatic rings. The summed E-state index contributed by atoms with van der Waals surface area (Å²) in [7, 11) is 2.14. The van der Waals surface area contributed by atoms with Crippen LogP contribution in [-0.4, -0.2) is 149 Å². The Balaban J connectivity index is 0.576. The van der Waals surface area contributed by atoms with Crippen molar-refractivity contribution in [2.45, 2.75) is 192 Å². The third kappa shape index (κ3) is 15.9. The van der Waals surface area contributed by atoms with Crippen molar-refractivity contribution in [1.82, 2.24) is 40.9 Å². The molecule has 0 amide bonds. The lowest BCUT2D eigenvalue weighted by Crippen LogP contribution is -2.47. The molecule has 364 valence electrons. The first-order valence-corrected chi connectivity index (χ1v) is 28.7. The maximum absolute atomic E-state index is 4.08. The number of nitrogens with one attached hydrogen (secondary N) is 4. The van der Waals surface area contributed by atoms with Gasteiger partial charge in [-0.3, -0.25) is 0 Å². The monoisotopic (exact) mass is 877 g/mol. The van der Waals surface area contributed by atoms with Crippen LogP contribution in [0, 0.1) is 53.3 Å². The van der Waals surface area contributed by atoms with E-state index >= 15 is 0 Å². The molecule has 8 nitrogen and oxygen atoms in total. The molecule has 4 heterocycles. The highest BCUT2D eigenvalue weighted by Gasteiger charge is 2.34. The Morgan fingerprint density at radius 2 is 0.921 bits per heavy atom. The molecule has 0 radical (unpaired) electrons. The Labute approximate surface area is 390 Å². The van der Waals surface area contributed by atoms with E-state index in [2.05, 4.69) is 61.8 Å². The van der Waals surface area contributed by atoms with Gasteiger partial charge in [-0.15, -0.1) is 0 Å². The SMILES string of the molecule is CCC1CCN(CC2CCC(NCCC3CCN(CC4CC(NCCCC5CCN(CC6CCC(NC[C@H](C)C7CCN(CC8CCC(NC)CC8)CC7)C6)CC5)C4)CC3)CC2)C1. The van der Waals surface area contributed by atoms with E-state index in [0.717, 1.165) is 77.4 Å². The van der Waals surface area contributed by atoms with Crippen molar-refractivity contribution in [2.75, 3.05) is 105 Å². The number of hydrogen-bond donors (Lipinski definition) is 4. The Morgan fingerprint density at radius 3 is 1.56 bits per heavy atom. The Bertz CT molecular complexity index is 1220. The van der Waals surface area contributed by atoms with E-state index in [4.69, 9.17) is 0 Å². The fraction of sp³-hybridized carbons (Fsp3) is 1.00. The lowest BCUT2D eigenvalue weighted by molar-refractivity contribution is 0.108. The minimum absolute atomic E-state index is 0.773. The minimum Gasteiger partial charge on any atom is -0.317 e. The van der Waals surface area contributed by atoms with Gasteiger partial charge in [0.25, 0.3) is 0 Å². The molecule has 0 bridgehead atoms. The van der Waals surface area contributed by atoms with Gasteiger partial charge in [0.15, 0.2) is 0 Å².